The first kappa shape index (κ1) is 9.67. The lowest BCUT2D eigenvalue weighted by Crippen LogP contribution is -2.13. The van der Waals surface area contributed by atoms with Crippen molar-refractivity contribution in [3.05, 3.63) is 0 Å². The molecule has 1 rings (SSSR count). The Kier molecular flexibility index (Phi) is 1.83. The zero-order chi connectivity index (χ0) is 9.08. The molecule has 1 aliphatic rings. The quantitative estimate of drug-likeness (QED) is 0.515. The largest absolute Gasteiger partial charge is 0.127 e. The molecule has 1 saturated carbocycles. The molecular formula is C9H16Cl2. The van der Waals surface area contributed by atoms with E-state index in [-0.39, 0.29) is 10.8 Å². The average Bonchev–Trinajstić information content (AvgIpc) is 1.93. The normalized spacial score (nSPS) is 33.5. The van der Waals surface area contributed by atoms with E-state index in [0.29, 0.717) is 5.92 Å². The highest BCUT2D eigenvalue weighted by atomic mass is 35.5. The Labute approximate surface area is 79.3 Å². The minimum atomic E-state index is -0.509. The van der Waals surface area contributed by atoms with Crippen molar-refractivity contribution in [1.29, 1.82) is 0 Å². The predicted molar refractivity (Wildman–Crippen MR) is 51.2 cm³/mol. The van der Waals surface area contributed by atoms with Crippen molar-refractivity contribution in [2.75, 3.05) is 0 Å². The number of rotatable bonds is 0. The minimum Gasteiger partial charge on any atom is -0.101 e. The first-order chi connectivity index (χ1) is 4.62. The second-order valence-corrected chi connectivity index (χ2v) is 6.53. The molecule has 0 N–H and O–H groups in total. The number of halogens is 2. The van der Waals surface area contributed by atoms with E-state index in [0.717, 1.165) is 0 Å². The Balaban J connectivity index is 2.84. The maximum atomic E-state index is 6.15. The van der Waals surface area contributed by atoms with Gasteiger partial charge < -0.3 is 0 Å². The Morgan fingerprint density at radius 1 is 1.09 bits per heavy atom. The van der Waals surface area contributed by atoms with Crippen LogP contribution in [0.15, 0.2) is 0 Å². The van der Waals surface area contributed by atoms with Crippen LogP contribution >= 0.6 is 23.2 Å². The van der Waals surface area contributed by atoms with Crippen LogP contribution in [0.25, 0.3) is 0 Å². The summed E-state index contributed by atoms with van der Waals surface area (Å²) in [6.07, 6.45) is 0. The smallest absolute Gasteiger partial charge is 0.101 e. The van der Waals surface area contributed by atoms with Crippen LogP contribution in [0.1, 0.15) is 34.6 Å². The van der Waals surface area contributed by atoms with Crippen molar-refractivity contribution in [2.24, 2.45) is 16.7 Å². The zero-order valence-corrected chi connectivity index (χ0v) is 9.35. The lowest BCUT2D eigenvalue weighted by Gasteiger charge is -2.19. The molecule has 1 unspecified atom stereocenters. The molecule has 0 aromatic heterocycles. The van der Waals surface area contributed by atoms with Gasteiger partial charge in [0.2, 0.25) is 0 Å². The maximum Gasteiger partial charge on any atom is 0.127 e. The van der Waals surface area contributed by atoms with Crippen molar-refractivity contribution in [3.8, 4) is 0 Å². The summed E-state index contributed by atoms with van der Waals surface area (Å²) in [5.41, 5.74) is 0.293. The summed E-state index contributed by atoms with van der Waals surface area (Å²) in [5.74, 6) is 0.408. The van der Waals surface area contributed by atoms with E-state index in [1.165, 1.54) is 0 Å². The Morgan fingerprint density at radius 2 is 1.36 bits per heavy atom. The highest BCUT2D eigenvalue weighted by molar-refractivity contribution is 6.51. The van der Waals surface area contributed by atoms with Gasteiger partial charge in [0.15, 0.2) is 0 Å². The van der Waals surface area contributed by atoms with Crippen LogP contribution in [0.2, 0.25) is 0 Å². The van der Waals surface area contributed by atoms with Crippen LogP contribution in [0, 0.1) is 16.7 Å². The fraction of sp³-hybridized carbons (Fsp3) is 1.00. The third-order valence-corrected chi connectivity index (χ3v) is 4.14. The van der Waals surface area contributed by atoms with E-state index in [2.05, 4.69) is 34.6 Å². The number of hydrogen-bond acceptors (Lipinski definition) is 0. The molecule has 66 valence electrons. The molecule has 0 bridgehead atoms. The second kappa shape index (κ2) is 2.09. The van der Waals surface area contributed by atoms with Crippen molar-refractivity contribution < 1.29 is 0 Å². The molecule has 0 aliphatic heterocycles. The summed E-state index contributed by atoms with van der Waals surface area (Å²) in [6, 6.07) is 0. The van der Waals surface area contributed by atoms with Crippen LogP contribution in [0.4, 0.5) is 0 Å². The highest BCUT2D eigenvalue weighted by Gasteiger charge is 2.73. The first-order valence-electron chi connectivity index (χ1n) is 3.99. The zero-order valence-electron chi connectivity index (χ0n) is 7.83. The van der Waals surface area contributed by atoms with Crippen LogP contribution in [0.3, 0.4) is 0 Å². The van der Waals surface area contributed by atoms with Gasteiger partial charge in [-0.15, -0.1) is 23.2 Å². The van der Waals surface area contributed by atoms with Crippen LogP contribution in [0.5, 0.6) is 0 Å². The molecule has 0 spiro atoms. The van der Waals surface area contributed by atoms with Crippen molar-refractivity contribution >= 4 is 23.2 Å². The Morgan fingerprint density at radius 3 is 1.36 bits per heavy atom. The van der Waals surface area contributed by atoms with Gasteiger partial charge in [-0.05, 0) is 5.41 Å². The van der Waals surface area contributed by atoms with Gasteiger partial charge in [0, 0.05) is 11.3 Å². The van der Waals surface area contributed by atoms with E-state index in [9.17, 15) is 0 Å². The molecule has 1 fully saturated rings. The molecule has 0 saturated heterocycles. The lowest BCUT2D eigenvalue weighted by molar-refractivity contribution is 0.300. The summed E-state index contributed by atoms with van der Waals surface area (Å²) in [7, 11) is 0. The van der Waals surface area contributed by atoms with Gasteiger partial charge >= 0.3 is 0 Å². The summed E-state index contributed by atoms with van der Waals surface area (Å²) >= 11 is 12.3. The van der Waals surface area contributed by atoms with E-state index in [1.54, 1.807) is 0 Å². The van der Waals surface area contributed by atoms with E-state index in [4.69, 9.17) is 23.2 Å². The monoisotopic (exact) mass is 194 g/mol. The number of hydrogen-bond donors (Lipinski definition) is 0. The molecule has 0 aromatic carbocycles. The molecule has 0 heterocycles. The molecule has 11 heavy (non-hydrogen) atoms. The standard InChI is InChI=1S/C9H16Cl2/c1-7(2,3)6-8(4,5)9(6,10)11/h6H,1-5H3. The summed E-state index contributed by atoms with van der Waals surface area (Å²) < 4.78 is -0.509. The van der Waals surface area contributed by atoms with Gasteiger partial charge in [-0.1, -0.05) is 34.6 Å². The summed E-state index contributed by atoms with van der Waals surface area (Å²) in [5, 5.41) is 0. The molecule has 0 radical (unpaired) electrons. The van der Waals surface area contributed by atoms with Gasteiger partial charge in [-0.3, -0.25) is 0 Å². The molecule has 0 nitrogen and oxygen atoms in total. The highest BCUT2D eigenvalue weighted by Crippen LogP contribution is 2.73. The van der Waals surface area contributed by atoms with Gasteiger partial charge in [0.1, 0.15) is 4.33 Å². The van der Waals surface area contributed by atoms with Crippen LogP contribution in [-0.4, -0.2) is 4.33 Å². The van der Waals surface area contributed by atoms with Gasteiger partial charge in [0.25, 0.3) is 0 Å². The molecule has 0 amide bonds. The summed E-state index contributed by atoms with van der Waals surface area (Å²) in [6.45, 7) is 10.8. The summed E-state index contributed by atoms with van der Waals surface area (Å²) in [4.78, 5) is 0. The fourth-order valence-electron chi connectivity index (χ4n) is 2.28. The fourth-order valence-corrected chi connectivity index (χ4v) is 3.59. The Bertz CT molecular complexity index is 160. The van der Waals surface area contributed by atoms with E-state index >= 15 is 0 Å². The van der Waals surface area contributed by atoms with Gasteiger partial charge in [-0.2, -0.15) is 0 Å². The molecule has 2 heteroatoms. The molecule has 1 atom stereocenters. The molecule has 0 aromatic rings. The van der Waals surface area contributed by atoms with E-state index < -0.39 is 4.33 Å². The maximum absolute atomic E-state index is 6.15. The second-order valence-electron chi connectivity index (χ2n) is 5.14. The number of alkyl halides is 2. The van der Waals surface area contributed by atoms with Crippen molar-refractivity contribution in [1.82, 2.24) is 0 Å². The SMILES string of the molecule is CC(C)(C)C1C(C)(C)C1(Cl)Cl. The van der Waals surface area contributed by atoms with Crippen molar-refractivity contribution in [3.63, 3.8) is 0 Å². The molecular weight excluding hydrogens is 179 g/mol. The Hall–Kier alpha value is 0.580. The average molecular weight is 195 g/mol. The lowest BCUT2D eigenvalue weighted by atomic mass is 9.86. The third-order valence-electron chi connectivity index (χ3n) is 2.73. The first-order valence-corrected chi connectivity index (χ1v) is 4.75. The predicted octanol–water partition coefficient (Wildman–Crippen LogP) is 3.86. The van der Waals surface area contributed by atoms with Crippen LogP contribution in [-0.2, 0) is 0 Å². The van der Waals surface area contributed by atoms with Gasteiger partial charge in [0.05, 0.1) is 0 Å². The minimum absolute atomic E-state index is 0.0777. The van der Waals surface area contributed by atoms with Crippen LogP contribution < -0.4 is 0 Å². The topological polar surface area (TPSA) is 0 Å². The third kappa shape index (κ3) is 1.19. The van der Waals surface area contributed by atoms with Crippen molar-refractivity contribution in [2.45, 2.75) is 39.0 Å². The van der Waals surface area contributed by atoms with E-state index in [1.807, 2.05) is 0 Å². The van der Waals surface area contributed by atoms with Gasteiger partial charge in [-0.25, -0.2) is 0 Å². The molecule has 1 aliphatic carbocycles.